The Morgan fingerprint density at radius 2 is 1.64 bits per heavy atom. The monoisotopic (exact) mass is 426 g/mol. The summed E-state index contributed by atoms with van der Waals surface area (Å²) in [6.07, 6.45) is 4.17. The van der Waals surface area contributed by atoms with Gasteiger partial charge in [-0.15, -0.1) is 0 Å². The van der Waals surface area contributed by atoms with Crippen LogP contribution in [-0.4, -0.2) is 59.9 Å². The van der Waals surface area contributed by atoms with Crippen molar-refractivity contribution in [2.24, 2.45) is 0 Å². The Labute approximate surface area is 174 Å². The maximum Gasteiger partial charge on any atom is 0.319 e. The molecule has 1 unspecified atom stereocenters. The van der Waals surface area contributed by atoms with E-state index in [0.29, 0.717) is 28.7 Å². The minimum Gasteiger partial charge on any atom is -0.341 e. The van der Waals surface area contributed by atoms with Crippen molar-refractivity contribution in [2.45, 2.75) is 38.1 Å². The van der Waals surface area contributed by atoms with Crippen molar-refractivity contribution in [1.29, 1.82) is 0 Å². The van der Waals surface area contributed by atoms with E-state index in [1.54, 1.807) is 28.0 Å². The van der Waals surface area contributed by atoms with Gasteiger partial charge in [-0.25, -0.2) is 4.79 Å². The summed E-state index contributed by atoms with van der Waals surface area (Å²) >= 11 is 11.9. The van der Waals surface area contributed by atoms with Crippen molar-refractivity contribution < 1.29 is 14.4 Å². The maximum atomic E-state index is 12.9. The zero-order valence-corrected chi connectivity index (χ0v) is 17.1. The summed E-state index contributed by atoms with van der Waals surface area (Å²) in [5.74, 6) is -0.242. The number of nitrogens with zero attached hydrogens (tertiary/aromatic N) is 2. The van der Waals surface area contributed by atoms with E-state index in [-0.39, 0.29) is 18.4 Å². The Morgan fingerprint density at radius 3 is 2.32 bits per heavy atom. The number of anilines is 1. The second-order valence-electron chi connectivity index (χ2n) is 7.15. The van der Waals surface area contributed by atoms with E-state index < -0.39 is 12.1 Å². The average Bonchev–Trinajstić information content (AvgIpc) is 3.11. The SMILES string of the molecule is O=C(Nc1cc(Cl)cc(Cl)c1)NC1CCCCN(CC(=O)N2CCCC2)C1=O. The molecule has 0 spiro atoms. The third-order valence-electron chi connectivity index (χ3n) is 4.99. The smallest absolute Gasteiger partial charge is 0.319 e. The Hall–Kier alpha value is -1.99. The summed E-state index contributed by atoms with van der Waals surface area (Å²) < 4.78 is 0. The van der Waals surface area contributed by atoms with Crippen LogP contribution in [0.25, 0.3) is 0 Å². The molecule has 0 aliphatic carbocycles. The lowest BCUT2D eigenvalue weighted by Crippen LogP contribution is -2.51. The fourth-order valence-electron chi connectivity index (χ4n) is 3.58. The van der Waals surface area contributed by atoms with Crippen LogP contribution in [0.15, 0.2) is 18.2 Å². The van der Waals surface area contributed by atoms with Gasteiger partial charge in [0.25, 0.3) is 0 Å². The Kier molecular flexibility index (Phi) is 7.02. The second-order valence-corrected chi connectivity index (χ2v) is 8.03. The summed E-state index contributed by atoms with van der Waals surface area (Å²) in [5, 5.41) is 6.17. The van der Waals surface area contributed by atoms with Crippen LogP contribution in [0.1, 0.15) is 32.1 Å². The van der Waals surface area contributed by atoms with E-state index in [4.69, 9.17) is 23.2 Å². The van der Waals surface area contributed by atoms with Gasteiger partial charge in [0.05, 0.1) is 6.54 Å². The molecule has 2 N–H and O–H groups in total. The third kappa shape index (κ3) is 5.52. The van der Waals surface area contributed by atoms with Crippen molar-refractivity contribution in [3.8, 4) is 0 Å². The highest BCUT2D eigenvalue weighted by molar-refractivity contribution is 6.35. The normalized spacial score (nSPS) is 20.1. The van der Waals surface area contributed by atoms with Crippen molar-refractivity contribution in [3.63, 3.8) is 0 Å². The first-order valence-electron chi connectivity index (χ1n) is 9.52. The summed E-state index contributed by atoms with van der Waals surface area (Å²) in [4.78, 5) is 41.0. The highest BCUT2D eigenvalue weighted by Crippen LogP contribution is 2.22. The van der Waals surface area contributed by atoms with E-state index in [2.05, 4.69) is 10.6 Å². The lowest BCUT2D eigenvalue weighted by Gasteiger charge is -2.26. The largest absolute Gasteiger partial charge is 0.341 e. The predicted molar refractivity (Wildman–Crippen MR) is 109 cm³/mol. The quantitative estimate of drug-likeness (QED) is 0.775. The van der Waals surface area contributed by atoms with Crippen LogP contribution < -0.4 is 10.6 Å². The molecule has 152 valence electrons. The predicted octanol–water partition coefficient (Wildman–Crippen LogP) is 3.12. The van der Waals surface area contributed by atoms with E-state index in [9.17, 15) is 14.4 Å². The molecule has 1 aromatic carbocycles. The number of carbonyl (C=O) groups is 3. The number of hydrogen-bond donors (Lipinski definition) is 2. The first-order valence-corrected chi connectivity index (χ1v) is 10.3. The molecule has 0 bridgehead atoms. The number of urea groups is 1. The molecular formula is C19H24Cl2N4O3. The molecule has 3 rings (SSSR count). The summed E-state index contributed by atoms with van der Waals surface area (Å²) in [6.45, 7) is 2.12. The molecule has 7 nitrogen and oxygen atoms in total. The summed E-state index contributed by atoms with van der Waals surface area (Å²) in [6, 6.07) is 3.54. The zero-order valence-electron chi connectivity index (χ0n) is 15.5. The first-order chi connectivity index (χ1) is 13.4. The van der Waals surface area contributed by atoms with Crippen molar-refractivity contribution in [3.05, 3.63) is 28.2 Å². The van der Waals surface area contributed by atoms with Gasteiger partial charge in [-0.05, 0) is 50.3 Å². The van der Waals surface area contributed by atoms with Crippen LogP contribution in [0.5, 0.6) is 0 Å². The number of likely N-dealkylation sites (tertiary alicyclic amines) is 2. The van der Waals surface area contributed by atoms with E-state index in [1.165, 1.54) is 0 Å². The van der Waals surface area contributed by atoms with Gasteiger partial charge < -0.3 is 20.4 Å². The van der Waals surface area contributed by atoms with Crippen LogP contribution in [0, 0.1) is 0 Å². The highest BCUT2D eigenvalue weighted by atomic mass is 35.5. The first kappa shape index (κ1) is 20.7. The summed E-state index contributed by atoms with van der Waals surface area (Å²) in [5.41, 5.74) is 0.442. The molecule has 2 saturated heterocycles. The summed E-state index contributed by atoms with van der Waals surface area (Å²) in [7, 11) is 0. The number of benzene rings is 1. The molecule has 2 heterocycles. The van der Waals surface area contributed by atoms with Crippen molar-refractivity contribution >= 4 is 46.7 Å². The number of hydrogen-bond acceptors (Lipinski definition) is 3. The molecule has 0 aromatic heterocycles. The van der Waals surface area contributed by atoms with Gasteiger partial charge >= 0.3 is 6.03 Å². The minimum absolute atomic E-state index is 0.0236. The van der Waals surface area contributed by atoms with Crippen LogP contribution >= 0.6 is 23.2 Å². The lowest BCUT2D eigenvalue weighted by molar-refractivity contribution is -0.140. The van der Waals surface area contributed by atoms with Gasteiger partial charge in [0.15, 0.2) is 0 Å². The third-order valence-corrected chi connectivity index (χ3v) is 5.43. The molecule has 1 atom stereocenters. The molecule has 0 radical (unpaired) electrons. The molecule has 0 saturated carbocycles. The molecule has 9 heteroatoms. The van der Waals surface area contributed by atoms with Gasteiger partial charge in [-0.2, -0.15) is 0 Å². The molecule has 1 aromatic rings. The van der Waals surface area contributed by atoms with Gasteiger partial charge in [0.2, 0.25) is 11.8 Å². The highest BCUT2D eigenvalue weighted by Gasteiger charge is 2.31. The Balaban J connectivity index is 1.59. The van der Waals surface area contributed by atoms with Crippen LogP contribution in [0.4, 0.5) is 10.5 Å². The van der Waals surface area contributed by atoms with Gasteiger partial charge in [-0.1, -0.05) is 23.2 Å². The topological polar surface area (TPSA) is 81.8 Å². The second kappa shape index (κ2) is 9.47. The van der Waals surface area contributed by atoms with Crippen molar-refractivity contribution in [2.75, 3.05) is 31.5 Å². The number of nitrogens with one attached hydrogen (secondary N) is 2. The number of amides is 4. The maximum absolute atomic E-state index is 12.9. The minimum atomic E-state index is -0.663. The lowest BCUT2D eigenvalue weighted by atomic mass is 10.1. The van der Waals surface area contributed by atoms with Gasteiger partial charge in [-0.3, -0.25) is 9.59 Å². The Morgan fingerprint density at radius 1 is 1.00 bits per heavy atom. The fraction of sp³-hybridized carbons (Fsp3) is 0.526. The van der Waals surface area contributed by atoms with E-state index in [0.717, 1.165) is 38.8 Å². The van der Waals surface area contributed by atoms with Gasteiger partial charge in [0, 0.05) is 35.4 Å². The van der Waals surface area contributed by atoms with E-state index >= 15 is 0 Å². The molecule has 4 amide bonds. The van der Waals surface area contributed by atoms with Crippen molar-refractivity contribution in [1.82, 2.24) is 15.1 Å². The van der Waals surface area contributed by atoms with Crippen LogP contribution in [0.2, 0.25) is 10.0 Å². The number of halogens is 2. The number of rotatable bonds is 4. The van der Waals surface area contributed by atoms with Crippen LogP contribution in [-0.2, 0) is 9.59 Å². The zero-order chi connectivity index (χ0) is 20.1. The molecule has 2 fully saturated rings. The van der Waals surface area contributed by atoms with E-state index in [1.807, 2.05) is 0 Å². The standard InChI is InChI=1S/C19H24Cl2N4O3/c20-13-9-14(21)11-15(10-13)22-19(28)23-16-5-1-2-8-25(18(16)27)12-17(26)24-6-3-4-7-24/h9-11,16H,1-8,12H2,(H2,22,23,28). The molecular weight excluding hydrogens is 403 g/mol. The Bertz CT molecular complexity index is 732. The molecule has 28 heavy (non-hydrogen) atoms. The molecule has 2 aliphatic heterocycles. The molecule has 2 aliphatic rings. The fourth-order valence-corrected chi connectivity index (χ4v) is 4.10. The van der Waals surface area contributed by atoms with Gasteiger partial charge in [0.1, 0.15) is 6.04 Å². The number of carbonyl (C=O) groups excluding carboxylic acids is 3. The van der Waals surface area contributed by atoms with Crippen LogP contribution in [0.3, 0.4) is 0 Å². The average molecular weight is 427 g/mol.